The van der Waals surface area contributed by atoms with E-state index in [1.54, 1.807) is 18.7 Å². The van der Waals surface area contributed by atoms with Crippen LogP contribution < -0.4 is 10.1 Å². The van der Waals surface area contributed by atoms with Crippen molar-refractivity contribution in [3.05, 3.63) is 35.7 Å². The molecule has 9 nitrogen and oxygen atoms in total. The van der Waals surface area contributed by atoms with E-state index in [-0.39, 0.29) is 12.0 Å². The Morgan fingerprint density at radius 1 is 1.40 bits per heavy atom. The maximum absolute atomic E-state index is 13.1. The molecule has 0 bridgehead atoms. The van der Waals surface area contributed by atoms with Crippen LogP contribution in [0.3, 0.4) is 0 Å². The van der Waals surface area contributed by atoms with E-state index in [0.717, 1.165) is 30.9 Å². The quantitative estimate of drug-likeness (QED) is 0.657. The van der Waals surface area contributed by atoms with Crippen molar-refractivity contribution < 1.29 is 14.3 Å². The number of nitrogens with zero attached hydrogens (tertiary/aromatic N) is 5. The Balaban J connectivity index is 1.66. The molecule has 9 heteroatoms. The van der Waals surface area contributed by atoms with Crippen LogP contribution in [0.15, 0.2) is 24.3 Å². The van der Waals surface area contributed by atoms with Crippen molar-refractivity contribution in [3.8, 4) is 5.75 Å². The summed E-state index contributed by atoms with van der Waals surface area (Å²) in [6, 6.07) is 7.13. The van der Waals surface area contributed by atoms with E-state index in [4.69, 9.17) is 9.47 Å². The molecule has 1 fully saturated rings. The van der Waals surface area contributed by atoms with Gasteiger partial charge in [0.25, 0.3) is 0 Å². The zero-order valence-corrected chi connectivity index (χ0v) is 18.2. The van der Waals surface area contributed by atoms with Gasteiger partial charge in [-0.1, -0.05) is 26.0 Å². The highest BCUT2D eigenvalue weighted by atomic mass is 16.5. The number of benzene rings is 1. The zero-order valence-electron chi connectivity index (χ0n) is 18.2. The molecule has 2 aromatic rings. The monoisotopic (exact) mass is 416 g/mol. The van der Waals surface area contributed by atoms with Crippen molar-refractivity contribution in [2.75, 3.05) is 39.9 Å². The van der Waals surface area contributed by atoms with Gasteiger partial charge in [-0.3, -0.25) is 9.69 Å². The van der Waals surface area contributed by atoms with Crippen molar-refractivity contribution in [2.24, 2.45) is 5.92 Å². The van der Waals surface area contributed by atoms with Crippen molar-refractivity contribution in [2.45, 2.75) is 39.3 Å². The molecule has 30 heavy (non-hydrogen) atoms. The molecule has 0 aliphatic carbocycles. The zero-order chi connectivity index (χ0) is 21.5. The minimum Gasteiger partial charge on any atom is -0.497 e. The van der Waals surface area contributed by atoms with Gasteiger partial charge in [-0.15, -0.1) is 5.10 Å². The van der Waals surface area contributed by atoms with Gasteiger partial charge >= 0.3 is 0 Å². The standard InChI is InChI=1S/C21H32N6O3/c1-15(2)13-26-8-9-30-19(14-26)12-22-21(28)20(27-16(3)23-24-25-27)11-17-6-5-7-18(10-17)29-4/h5-7,10,15,19-20H,8-9,11-14H2,1-4H3,(H,22,28)/t19-,20+/m0/s1. The average Bonchev–Trinajstić information content (AvgIpc) is 3.15. The minimum atomic E-state index is -0.553. The molecule has 2 atom stereocenters. The van der Waals surface area contributed by atoms with Crippen molar-refractivity contribution in [1.82, 2.24) is 30.4 Å². The molecule has 0 saturated carbocycles. The van der Waals surface area contributed by atoms with Gasteiger partial charge in [-0.05, 0) is 41.0 Å². The first kappa shape index (κ1) is 22.2. The number of aryl methyl sites for hydroxylation is 1. The van der Waals surface area contributed by atoms with E-state index in [0.29, 0.717) is 31.3 Å². The Bertz CT molecular complexity index is 825. The Labute approximate surface area is 177 Å². The third kappa shape index (κ3) is 5.99. The summed E-state index contributed by atoms with van der Waals surface area (Å²) in [6.45, 7) is 10.2. The maximum atomic E-state index is 13.1. The lowest BCUT2D eigenvalue weighted by molar-refractivity contribution is -0.126. The van der Waals surface area contributed by atoms with E-state index < -0.39 is 6.04 Å². The summed E-state index contributed by atoms with van der Waals surface area (Å²) in [5.41, 5.74) is 0.974. The molecule has 1 aromatic carbocycles. The molecule has 2 heterocycles. The van der Waals surface area contributed by atoms with Crippen LogP contribution in [0.1, 0.15) is 31.3 Å². The molecule has 0 unspecified atom stereocenters. The third-order valence-corrected chi connectivity index (χ3v) is 5.17. The van der Waals surface area contributed by atoms with Gasteiger partial charge in [0, 0.05) is 32.6 Å². The second-order valence-corrected chi connectivity index (χ2v) is 8.13. The fraction of sp³-hybridized carbons (Fsp3) is 0.619. The average molecular weight is 417 g/mol. The van der Waals surface area contributed by atoms with Gasteiger partial charge < -0.3 is 14.8 Å². The molecule has 1 aliphatic rings. The van der Waals surface area contributed by atoms with Gasteiger partial charge in [-0.25, -0.2) is 4.68 Å². The highest BCUT2D eigenvalue weighted by Gasteiger charge is 2.27. The number of ether oxygens (including phenoxy) is 2. The second-order valence-electron chi connectivity index (χ2n) is 8.13. The molecule has 1 aromatic heterocycles. The SMILES string of the molecule is COc1cccc(C[C@H](C(=O)NC[C@H]2CN(CC(C)C)CCO2)n2nnnc2C)c1. The number of morpholine rings is 1. The molecule has 3 rings (SSSR count). The lowest BCUT2D eigenvalue weighted by Gasteiger charge is -2.34. The van der Waals surface area contributed by atoms with Gasteiger partial charge in [0.05, 0.1) is 19.8 Å². The van der Waals surface area contributed by atoms with Crippen LogP contribution in [0.5, 0.6) is 5.75 Å². The maximum Gasteiger partial charge on any atom is 0.245 e. The summed E-state index contributed by atoms with van der Waals surface area (Å²) in [5, 5.41) is 14.8. The van der Waals surface area contributed by atoms with E-state index in [9.17, 15) is 4.79 Å². The number of methoxy groups -OCH3 is 1. The predicted octanol–water partition coefficient (Wildman–Crippen LogP) is 1.25. The first-order valence-corrected chi connectivity index (χ1v) is 10.4. The minimum absolute atomic E-state index is 0.0195. The number of aromatic nitrogens is 4. The van der Waals surface area contributed by atoms with Gasteiger partial charge in [0.2, 0.25) is 5.91 Å². The smallest absolute Gasteiger partial charge is 0.245 e. The Morgan fingerprint density at radius 2 is 2.23 bits per heavy atom. The van der Waals surface area contributed by atoms with Crippen LogP contribution in [0.2, 0.25) is 0 Å². The fourth-order valence-electron chi connectivity index (χ4n) is 3.76. The Hall–Kier alpha value is -2.52. The lowest BCUT2D eigenvalue weighted by Crippen LogP contribution is -2.49. The molecule has 164 valence electrons. The van der Waals surface area contributed by atoms with Crippen LogP contribution in [-0.2, 0) is 16.0 Å². The topological polar surface area (TPSA) is 94.4 Å². The summed E-state index contributed by atoms with van der Waals surface area (Å²) in [7, 11) is 1.63. The molecule has 0 spiro atoms. The van der Waals surface area contributed by atoms with Crippen LogP contribution in [0.4, 0.5) is 0 Å². The highest BCUT2D eigenvalue weighted by molar-refractivity contribution is 5.80. The van der Waals surface area contributed by atoms with Crippen molar-refractivity contribution in [3.63, 3.8) is 0 Å². The molecule has 0 radical (unpaired) electrons. The number of amides is 1. The summed E-state index contributed by atoms with van der Waals surface area (Å²) in [4.78, 5) is 15.5. The van der Waals surface area contributed by atoms with Gasteiger partial charge in [-0.2, -0.15) is 0 Å². The molecule has 1 N–H and O–H groups in total. The summed E-state index contributed by atoms with van der Waals surface area (Å²) in [5.74, 6) is 1.82. The third-order valence-electron chi connectivity index (χ3n) is 5.17. The first-order valence-electron chi connectivity index (χ1n) is 10.4. The number of rotatable bonds is 9. The van der Waals surface area contributed by atoms with E-state index in [1.807, 2.05) is 24.3 Å². The molecule has 1 saturated heterocycles. The largest absolute Gasteiger partial charge is 0.497 e. The molecule has 1 amide bonds. The molecule has 1 aliphatic heterocycles. The van der Waals surface area contributed by atoms with Crippen LogP contribution in [0, 0.1) is 12.8 Å². The number of nitrogens with one attached hydrogen (secondary N) is 1. The normalized spacial score (nSPS) is 18.4. The Morgan fingerprint density at radius 3 is 2.93 bits per heavy atom. The predicted molar refractivity (Wildman–Crippen MR) is 112 cm³/mol. The summed E-state index contributed by atoms with van der Waals surface area (Å²) >= 11 is 0. The number of carbonyl (C=O) groups excluding carboxylic acids is 1. The van der Waals surface area contributed by atoms with E-state index in [2.05, 4.69) is 39.6 Å². The van der Waals surface area contributed by atoms with Crippen molar-refractivity contribution in [1.29, 1.82) is 0 Å². The van der Waals surface area contributed by atoms with Gasteiger partial charge in [0.15, 0.2) is 0 Å². The number of hydrogen-bond acceptors (Lipinski definition) is 7. The van der Waals surface area contributed by atoms with E-state index in [1.165, 1.54) is 0 Å². The summed E-state index contributed by atoms with van der Waals surface area (Å²) < 4.78 is 12.7. The highest BCUT2D eigenvalue weighted by Crippen LogP contribution is 2.19. The number of tetrazole rings is 1. The lowest BCUT2D eigenvalue weighted by atomic mass is 10.0. The molecular formula is C21H32N6O3. The van der Waals surface area contributed by atoms with E-state index >= 15 is 0 Å². The first-order chi connectivity index (χ1) is 14.5. The van der Waals surface area contributed by atoms with Crippen LogP contribution >= 0.6 is 0 Å². The number of carbonyl (C=O) groups is 1. The van der Waals surface area contributed by atoms with Gasteiger partial charge in [0.1, 0.15) is 17.6 Å². The van der Waals surface area contributed by atoms with Crippen LogP contribution in [0.25, 0.3) is 0 Å². The van der Waals surface area contributed by atoms with Crippen molar-refractivity contribution >= 4 is 5.91 Å². The summed E-state index contributed by atoms with van der Waals surface area (Å²) in [6.07, 6.45) is 0.439. The molecular weight excluding hydrogens is 384 g/mol. The van der Waals surface area contributed by atoms with Crippen LogP contribution in [-0.4, -0.2) is 77.0 Å². The second kappa shape index (κ2) is 10.5. The Kier molecular flexibility index (Phi) is 7.75. The number of hydrogen-bond donors (Lipinski definition) is 1. The fourth-order valence-corrected chi connectivity index (χ4v) is 3.76.